The van der Waals surface area contributed by atoms with Crippen LogP contribution in [0.5, 0.6) is 0 Å². The molecule has 0 saturated heterocycles. The number of amides is 3. The summed E-state index contributed by atoms with van der Waals surface area (Å²) in [6.45, 7) is -0.556. The number of nitrogens with two attached hydrogens (primary N) is 3. The Morgan fingerprint density at radius 2 is 1.71 bits per heavy atom. The van der Waals surface area contributed by atoms with Gasteiger partial charge in [-0.15, -0.1) is 0 Å². The number of carboxylic acids is 1. The number of hydrogen-bond donors (Lipinski definition) is 10. The third kappa shape index (κ3) is 10.1. The smallest absolute Gasteiger partial charge is 0.328 e. The number of H-pyrrole nitrogens is 1. The first-order valence-electron chi connectivity index (χ1n) is 10.2. The van der Waals surface area contributed by atoms with E-state index in [1.165, 1.54) is 12.5 Å². The van der Waals surface area contributed by atoms with E-state index in [4.69, 9.17) is 27.4 Å². The van der Waals surface area contributed by atoms with Crippen LogP contribution in [0.25, 0.3) is 0 Å². The fourth-order valence-corrected chi connectivity index (χ4v) is 2.94. The van der Waals surface area contributed by atoms with Crippen molar-refractivity contribution in [2.45, 2.75) is 43.4 Å². The number of carboxylic acid groups (broad SMARTS) is 1. The van der Waals surface area contributed by atoms with E-state index in [-0.39, 0.29) is 31.1 Å². The molecule has 34 heavy (non-hydrogen) atoms. The summed E-state index contributed by atoms with van der Waals surface area (Å²) in [5.74, 6) is -3.91. The maximum absolute atomic E-state index is 12.9. The largest absolute Gasteiger partial charge is 0.480 e. The van der Waals surface area contributed by atoms with Gasteiger partial charge < -0.3 is 48.3 Å². The van der Waals surface area contributed by atoms with E-state index < -0.39 is 54.5 Å². The number of aliphatic hydroxyl groups is 1. The number of aliphatic carboxylic acids is 1. The van der Waals surface area contributed by atoms with Gasteiger partial charge >= 0.3 is 5.97 Å². The number of imidazole rings is 1. The molecule has 1 heterocycles. The Hall–Kier alpha value is -3.37. The van der Waals surface area contributed by atoms with Gasteiger partial charge in [-0.3, -0.25) is 19.4 Å². The SMILES string of the molecule is NC(N)=NCCCC(N)C(=O)NC(Cc1cnc[nH]1)C(=O)NC(CS)C(=O)NC(CO)C(=O)O. The van der Waals surface area contributed by atoms with Gasteiger partial charge in [0.25, 0.3) is 0 Å². The summed E-state index contributed by atoms with van der Waals surface area (Å²) in [6, 6.07) is -4.88. The minimum Gasteiger partial charge on any atom is -0.480 e. The van der Waals surface area contributed by atoms with Crippen LogP contribution < -0.4 is 33.2 Å². The number of nitrogens with zero attached hydrogens (tertiary/aromatic N) is 2. The van der Waals surface area contributed by atoms with E-state index in [0.29, 0.717) is 12.1 Å². The van der Waals surface area contributed by atoms with Gasteiger partial charge in [0.05, 0.1) is 19.0 Å². The second-order valence-electron chi connectivity index (χ2n) is 7.22. The van der Waals surface area contributed by atoms with Crippen molar-refractivity contribution in [3.63, 3.8) is 0 Å². The minimum atomic E-state index is -1.55. The maximum atomic E-state index is 12.9. The fourth-order valence-electron chi connectivity index (χ4n) is 2.68. The molecule has 190 valence electrons. The summed E-state index contributed by atoms with van der Waals surface area (Å²) in [6.07, 6.45) is 3.55. The Morgan fingerprint density at radius 1 is 1.09 bits per heavy atom. The highest BCUT2D eigenvalue weighted by Gasteiger charge is 2.30. The Morgan fingerprint density at radius 3 is 2.24 bits per heavy atom. The molecule has 0 radical (unpaired) electrons. The monoisotopic (exact) mass is 501 g/mol. The Kier molecular flexibility index (Phi) is 12.4. The van der Waals surface area contributed by atoms with Gasteiger partial charge in [-0.05, 0) is 12.8 Å². The predicted octanol–water partition coefficient (Wildman–Crippen LogP) is -4.21. The average Bonchev–Trinajstić information content (AvgIpc) is 3.30. The van der Waals surface area contributed by atoms with Crippen molar-refractivity contribution in [2.24, 2.45) is 22.2 Å². The van der Waals surface area contributed by atoms with Crippen molar-refractivity contribution in [2.75, 3.05) is 18.9 Å². The molecule has 0 aliphatic heterocycles. The summed E-state index contributed by atoms with van der Waals surface area (Å²) in [5.41, 5.74) is 16.9. The number of nitrogens with one attached hydrogen (secondary N) is 4. The van der Waals surface area contributed by atoms with Gasteiger partial charge in [-0.1, -0.05) is 0 Å². The van der Waals surface area contributed by atoms with E-state index in [1.807, 2.05) is 0 Å². The quantitative estimate of drug-likeness (QED) is 0.0479. The molecule has 1 aromatic heterocycles. The number of guanidine groups is 1. The van der Waals surface area contributed by atoms with Crippen LogP contribution in [0.4, 0.5) is 0 Å². The number of rotatable bonds is 15. The van der Waals surface area contributed by atoms with Crippen molar-refractivity contribution in [1.82, 2.24) is 25.9 Å². The van der Waals surface area contributed by atoms with Gasteiger partial charge in [-0.25, -0.2) is 9.78 Å². The lowest BCUT2D eigenvalue weighted by Crippen LogP contribution is -2.58. The number of hydrogen-bond acceptors (Lipinski definition) is 9. The van der Waals surface area contributed by atoms with Crippen LogP contribution in [-0.2, 0) is 25.6 Å². The molecule has 1 aromatic rings. The first-order valence-corrected chi connectivity index (χ1v) is 10.9. The highest BCUT2D eigenvalue weighted by molar-refractivity contribution is 7.80. The molecule has 0 saturated carbocycles. The zero-order chi connectivity index (χ0) is 25.7. The minimum absolute atomic E-state index is 0.00753. The van der Waals surface area contributed by atoms with Crippen molar-refractivity contribution in [1.29, 1.82) is 0 Å². The van der Waals surface area contributed by atoms with E-state index in [9.17, 15) is 19.2 Å². The van der Waals surface area contributed by atoms with Crippen LogP contribution >= 0.6 is 12.6 Å². The number of aliphatic hydroxyl groups excluding tert-OH is 1. The molecule has 0 aliphatic rings. The van der Waals surface area contributed by atoms with Crippen molar-refractivity contribution in [3.05, 3.63) is 18.2 Å². The third-order valence-corrected chi connectivity index (χ3v) is 4.89. The normalized spacial score (nSPS) is 14.2. The van der Waals surface area contributed by atoms with Crippen LogP contribution in [0.15, 0.2) is 17.5 Å². The van der Waals surface area contributed by atoms with Crippen LogP contribution in [-0.4, -0.2) is 92.9 Å². The number of carbonyl (C=O) groups excluding carboxylic acids is 3. The molecule has 0 spiro atoms. The zero-order valence-corrected chi connectivity index (χ0v) is 19.2. The Labute approximate surface area is 200 Å². The molecular weight excluding hydrogens is 470 g/mol. The predicted molar refractivity (Wildman–Crippen MR) is 125 cm³/mol. The molecular formula is C18H31N9O6S. The number of aromatic nitrogens is 2. The third-order valence-electron chi connectivity index (χ3n) is 4.53. The highest BCUT2D eigenvalue weighted by Crippen LogP contribution is 2.03. The molecule has 12 N–H and O–H groups in total. The van der Waals surface area contributed by atoms with Gasteiger partial charge in [0.1, 0.15) is 18.1 Å². The topological polar surface area (TPSA) is 264 Å². The van der Waals surface area contributed by atoms with E-state index in [0.717, 1.165) is 0 Å². The Bertz CT molecular complexity index is 847. The van der Waals surface area contributed by atoms with E-state index in [1.54, 1.807) is 0 Å². The molecule has 0 bridgehead atoms. The second-order valence-corrected chi connectivity index (χ2v) is 7.59. The summed E-state index contributed by atoms with van der Waals surface area (Å²) in [7, 11) is 0. The number of carbonyl (C=O) groups is 4. The summed E-state index contributed by atoms with van der Waals surface area (Å²) < 4.78 is 0. The van der Waals surface area contributed by atoms with Crippen LogP contribution in [0.3, 0.4) is 0 Å². The number of thiol groups is 1. The molecule has 4 unspecified atom stereocenters. The van der Waals surface area contributed by atoms with Gasteiger partial charge in [0, 0.05) is 30.6 Å². The average molecular weight is 502 g/mol. The van der Waals surface area contributed by atoms with Crippen molar-refractivity contribution < 1.29 is 29.4 Å². The van der Waals surface area contributed by atoms with Gasteiger partial charge in [-0.2, -0.15) is 12.6 Å². The van der Waals surface area contributed by atoms with Crippen LogP contribution in [0, 0.1) is 0 Å². The lowest BCUT2D eigenvalue weighted by atomic mass is 10.1. The fraction of sp³-hybridized carbons (Fsp3) is 0.556. The van der Waals surface area contributed by atoms with Crippen molar-refractivity contribution in [3.8, 4) is 0 Å². The second kappa shape index (κ2) is 14.7. The Balaban J connectivity index is 2.84. The van der Waals surface area contributed by atoms with E-state index >= 15 is 0 Å². The molecule has 3 amide bonds. The van der Waals surface area contributed by atoms with Gasteiger partial charge in [0.15, 0.2) is 5.96 Å². The summed E-state index contributed by atoms with van der Waals surface area (Å²) >= 11 is 4.02. The molecule has 4 atom stereocenters. The lowest BCUT2D eigenvalue weighted by molar-refractivity contribution is -0.143. The van der Waals surface area contributed by atoms with Gasteiger partial charge in [0.2, 0.25) is 17.7 Å². The molecule has 16 heteroatoms. The number of aromatic amines is 1. The summed E-state index contributed by atoms with van der Waals surface area (Å²) in [4.78, 5) is 59.3. The summed E-state index contributed by atoms with van der Waals surface area (Å²) in [5, 5.41) is 25.1. The zero-order valence-electron chi connectivity index (χ0n) is 18.3. The van der Waals surface area contributed by atoms with Crippen LogP contribution in [0.2, 0.25) is 0 Å². The molecule has 1 rings (SSSR count). The first-order chi connectivity index (χ1) is 16.1. The number of aliphatic imine (C=N–C) groups is 1. The molecule has 15 nitrogen and oxygen atoms in total. The highest BCUT2D eigenvalue weighted by atomic mass is 32.1. The van der Waals surface area contributed by atoms with Crippen molar-refractivity contribution >= 4 is 42.3 Å². The molecule has 0 fully saturated rings. The lowest BCUT2D eigenvalue weighted by Gasteiger charge is -2.24. The molecule has 0 aliphatic carbocycles. The molecule has 0 aromatic carbocycles. The first kappa shape index (κ1) is 28.7. The van der Waals surface area contributed by atoms with E-state index in [2.05, 4.69) is 43.5 Å². The maximum Gasteiger partial charge on any atom is 0.328 e. The van der Waals surface area contributed by atoms with Crippen LogP contribution in [0.1, 0.15) is 18.5 Å². The standard InChI is InChI=1S/C18H31N9O6S/c19-10(2-1-3-23-18(20)21)14(29)25-11(4-9-5-22-8-24-9)15(30)27-13(7-34)16(31)26-12(6-28)17(32)33/h5,8,10-13,28,34H,1-4,6-7,19H2,(H,22,24)(H,25,29)(H,26,31)(H,27,30)(H,32,33)(H4,20,21,23).